The van der Waals surface area contributed by atoms with Gasteiger partial charge in [-0.15, -0.1) is 0 Å². The molecule has 0 bridgehead atoms. The summed E-state index contributed by atoms with van der Waals surface area (Å²) in [5, 5.41) is 7.44. The molecule has 0 aliphatic carbocycles. The molecule has 1 N–H and O–H groups in total. The monoisotopic (exact) mass is 370 g/mol. The van der Waals surface area contributed by atoms with Crippen LogP contribution in [0.1, 0.15) is 69.7 Å². The van der Waals surface area contributed by atoms with Crippen molar-refractivity contribution >= 4 is 6.09 Å². The van der Waals surface area contributed by atoms with Gasteiger partial charge < -0.3 is 4.74 Å². The molecule has 6 nitrogen and oxygen atoms in total. The smallest absolute Gasteiger partial charge is 0.410 e. The minimum atomic E-state index is -0.497. The zero-order valence-electron chi connectivity index (χ0n) is 16.6. The maximum absolute atomic E-state index is 12.6. The number of carbonyl (C=O) groups excluding carboxylic acids is 1. The molecular formula is C21H30N4O2. The number of benzene rings is 1. The molecule has 146 valence electrons. The van der Waals surface area contributed by atoms with E-state index in [0.29, 0.717) is 6.54 Å². The second-order valence-electron chi connectivity index (χ2n) is 8.16. The van der Waals surface area contributed by atoms with Gasteiger partial charge in [-0.05, 0) is 58.4 Å². The quantitative estimate of drug-likeness (QED) is 0.844. The van der Waals surface area contributed by atoms with E-state index in [0.717, 1.165) is 50.2 Å². The Kier molecular flexibility index (Phi) is 6.14. The summed E-state index contributed by atoms with van der Waals surface area (Å²) in [4.78, 5) is 19.0. The Morgan fingerprint density at radius 3 is 2.74 bits per heavy atom. The summed E-state index contributed by atoms with van der Waals surface area (Å²) >= 11 is 0. The van der Waals surface area contributed by atoms with Gasteiger partial charge in [0.25, 0.3) is 0 Å². The molecule has 0 spiro atoms. The number of H-pyrrole nitrogens is 1. The number of nitrogens with zero attached hydrogens (tertiary/aromatic N) is 3. The Bertz CT molecular complexity index is 736. The number of carbonyl (C=O) groups is 1. The zero-order valence-corrected chi connectivity index (χ0v) is 16.6. The molecule has 1 aromatic carbocycles. The van der Waals surface area contributed by atoms with E-state index in [1.165, 1.54) is 5.56 Å². The number of amides is 1. The van der Waals surface area contributed by atoms with E-state index < -0.39 is 5.60 Å². The fourth-order valence-electron chi connectivity index (χ4n) is 3.42. The summed E-state index contributed by atoms with van der Waals surface area (Å²) in [5.74, 6) is 1.59. The van der Waals surface area contributed by atoms with Crippen LogP contribution < -0.4 is 0 Å². The van der Waals surface area contributed by atoms with Crippen molar-refractivity contribution in [2.24, 2.45) is 0 Å². The molecule has 0 unspecified atom stereocenters. The average molecular weight is 370 g/mol. The van der Waals surface area contributed by atoms with Crippen LogP contribution in [0.3, 0.4) is 0 Å². The molecule has 1 saturated heterocycles. The first kappa shape index (κ1) is 19.4. The predicted molar refractivity (Wildman–Crippen MR) is 104 cm³/mol. The Hall–Kier alpha value is -2.37. The minimum absolute atomic E-state index is 0.0797. The van der Waals surface area contributed by atoms with Crippen molar-refractivity contribution < 1.29 is 9.53 Å². The van der Waals surface area contributed by atoms with Gasteiger partial charge in [-0.25, -0.2) is 9.78 Å². The molecule has 0 radical (unpaired) electrons. The lowest BCUT2D eigenvalue weighted by atomic mass is 10.0. The van der Waals surface area contributed by atoms with Crippen molar-refractivity contribution in [3.8, 4) is 0 Å². The van der Waals surface area contributed by atoms with E-state index in [9.17, 15) is 4.79 Å². The van der Waals surface area contributed by atoms with Crippen molar-refractivity contribution in [1.82, 2.24) is 20.1 Å². The van der Waals surface area contributed by atoms with E-state index in [1.807, 2.05) is 26.8 Å². The van der Waals surface area contributed by atoms with Crippen LogP contribution in [-0.2, 0) is 17.6 Å². The number of hydrogen-bond acceptors (Lipinski definition) is 4. The van der Waals surface area contributed by atoms with Gasteiger partial charge in [0.15, 0.2) is 5.82 Å². The van der Waals surface area contributed by atoms with E-state index in [2.05, 4.69) is 39.4 Å². The van der Waals surface area contributed by atoms with Gasteiger partial charge in [-0.3, -0.25) is 10.00 Å². The molecule has 1 atom stereocenters. The second kappa shape index (κ2) is 8.55. The predicted octanol–water partition coefficient (Wildman–Crippen LogP) is 4.44. The number of aromatic amines is 1. The van der Waals surface area contributed by atoms with Crippen molar-refractivity contribution in [3.63, 3.8) is 0 Å². The van der Waals surface area contributed by atoms with E-state index in [1.54, 1.807) is 4.90 Å². The molecule has 0 saturated carbocycles. The number of nitrogens with one attached hydrogen (secondary N) is 1. The number of ether oxygens (including phenoxy) is 1. The maximum atomic E-state index is 12.6. The molecule has 1 amide bonds. The fourth-order valence-corrected chi connectivity index (χ4v) is 3.42. The van der Waals surface area contributed by atoms with Crippen molar-refractivity contribution in [2.75, 3.05) is 6.54 Å². The topological polar surface area (TPSA) is 71.1 Å². The fraction of sp³-hybridized carbons (Fsp3) is 0.571. The lowest BCUT2D eigenvalue weighted by molar-refractivity contribution is 0.00847. The summed E-state index contributed by atoms with van der Waals surface area (Å²) in [6.07, 6.45) is 5.53. The number of hydrogen-bond donors (Lipinski definition) is 1. The largest absolute Gasteiger partial charge is 0.444 e. The van der Waals surface area contributed by atoms with Gasteiger partial charge in [-0.1, -0.05) is 30.3 Å². The first-order valence-corrected chi connectivity index (χ1v) is 9.87. The van der Waals surface area contributed by atoms with Crippen molar-refractivity contribution in [3.05, 3.63) is 47.5 Å². The molecule has 1 aliphatic heterocycles. The molecule has 1 aliphatic rings. The highest BCUT2D eigenvalue weighted by molar-refractivity contribution is 5.68. The van der Waals surface area contributed by atoms with Crippen LogP contribution in [0.15, 0.2) is 30.3 Å². The van der Waals surface area contributed by atoms with Gasteiger partial charge in [-0.2, -0.15) is 5.10 Å². The number of likely N-dealkylation sites (tertiary alicyclic amines) is 1. The average Bonchev–Trinajstić information content (AvgIpc) is 3.10. The van der Waals surface area contributed by atoms with Crippen molar-refractivity contribution in [2.45, 2.75) is 70.9 Å². The van der Waals surface area contributed by atoms with Gasteiger partial charge in [0, 0.05) is 13.0 Å². The van der Waals surface area contributed by atoms with E-state index in [-0.39, 0.29) is 12.1 Å². The summed E-state index contributed by atoms with van der Waals surface area (Å²) in [5.41, 5.74) is 0.833. The van der Waals surface area contributed by atoms with Gasteiger partial charge >= 0.3 is 6.09 Å². The lowest BCUT2D eigenvalue weighted by Crippen LogP contribution is -2.42. The lowest BCUT2D eigenvalue weighted by Gasteiger charge is -2.35. The van der Waals surface area contributed by atoms with Gasteiger partial charge in [0.1, 0.15) is 11.4 Å². The third kappa shape index (κ3) is 5.55. The molecular weight excluding hydrogens is 340 g/mol. The Morgan fingerprint density at radius 1 is 1.22 bits per heavy atom. The van der Waals surface area contributed by atoms with Crippen LogP contribution in [0.4, 0.5) is 4.79 Å². The highest BCUT2D eigenvalue weighted by Gasteiger charge is 2.33. The summed E-state index contributed by atoms with van der Waals surface area (Å²) in [6.45, 7) is 6.37. The molecule has 1 aromatic heterocycles. The van der Waals surface area contributed by atoms with Crippen LogP contribution in [0.2, 0.25) is 0 Å². The molecule has 2 aromatic rings. The SMILES string of the molecule is CC(C)(C)OC(=O)N1CCCC[C@H]1c1nc(CCCc2ccccc2)n[nH]1. The van der Waals surface area contributed by atoms with E-state index >= 15 is 0 Å². The van der Waals surface area contributed by atoms with Crippen LogP contribution in [0, 0.1) is 0 Å². The van der Waals surface area contributed by atoms with Crippen LogP contribution in [-0.4, -0.2) is 38.3 Å². The zero-order chi connectivity index (χ0) is 19.3. The number of aryl methyl sites for hydroxylation is 2. The summed E-state index contributed by atoms with van der Waals surface area (Å²) < 4.78 is 5.57. The van der Waals surface area contributed by atoms with Crippen LogP contribution in [0.5, 0.6) is 0 Å². The molecule has 1 fully saturated rings. The molecule has 3 rings (SSSR count). The normalized spacial score (nSPS) is 17.7. The summed E-state index contributed by atoms with van der Waals surface area (Å²) in [7, 11) is 0. The maximum Gasteiger partial charge on any atom is 0.410 e. The van der Waals surface area contributed by atoms with E-state index in [4.69, 9.17) is 4.74 Å². The van der Waals surface area contributed by atoms with Crippen LogP contribution >= 0.6 is 0 Å². The highest BCUT2D eigenvalue weighted by Crippen LogP contribution is 2.30. The Labute approximate surface area is 161 Å². The number of rotatable bonds is 5. The summed E-state index contributed by atoms with van der Waals surface area (Å²) in [6, 6.07) is 10.4. The standard InChI is InChI=1S/C21H30N4O2/c1-21(2,3)27-20(26)25-15-8-7-13-17(25)19-22-18(23-24-19)14-9-12-16-10-5-4-6-11-16/h4-6,10-11,17H,7-9,12-15H2,1-3H3,(H,22,23,24)/t17-/m0/s1. The minimum Gasteiger partial charge on any atom is -0.444 e. The van der Waals surface area contributed by atoms with Crippen molar-refractivity contribution in [1.29, 1.82) is 0 Å². The highest BCUT2D eigenvalue weighted by atomic mass is 16.6. The van der Waals surface area contributed by atoms with Gasteiger partial charge in [0.05, 0.1) is 6.04 Å². The Morgan fingerprint density at radius 2 is 2.00 bits per heavy atom. The molecule has 27 heavy (non-hydrogen) atoms. The second-order valence-corrected chi connectivity index (χ2v) is 8.16. The third-order valence-corrected chi connectivity index (χ3v) is 4.70. The molecule has 6 heteroatoms. The first-order chi connectivity index (χ1) is 12.9. The Balaban J connectivity index is 1.60. The molecule has 2 heterocycles. The van der Waals surface area contributed by atoms with Crippen LogP contribution in [0.25, 0.3) is 0 Å². The number of piperidine rings is 1. The number of aromatic nitrogens is 3. The van der Waals surface area contributed by atoms with Gasteiger partial charge in [0.2, 0.25) is 0 Å². The first-order valence-electron chi connectivity index (χ1n) is 9.87. The third-order valence-electron chi connectivity index (χ3n) is 4.70.